The van der Waals surface area contributed by atoms with Crippen molar-refractivity contribution in [3.63, 3.8) is 0 Å². The minimum Gasteiger partial charge on any atom is -0.309 e. The highest BCUT2D eigenvalue weighted by Crippen LogP contribution is 2.46. The molecule has 8 heteroatoms. The monoisotopic (exact) mass is 883 g/mol. The zero-order valence-electron chi connectivity index (χ0n) is 36.2. The van der Waals surface area contributed by atoms with Crippen molar-refractivity contribution in [1.29, 1.82) is 5.26 Å². The summed E-state index contributed by atoms with van der Waals surface area (Å²) in [6.45, 7) is 0. The van der Waals surface area contributed by atoms with Gasteiger partial charge in [-0.25, -0.2) is 9.97 Å². The lowest BCUT2D eigenvalue weighted by Gasteiger charge is -2.23. The molecule has 0 spiro atoms. The molecule has 8 aromatic carbocycles. The van der Waals surface area contributed by atoms with Gasteiger partial charge in [0.1, 0.15) is 0 Å². The fourth-order valence-electron chi connectivity index (χ4n) is 9.68. The molecule has 0 amide bonds. The minimum atomic E-state index is -4.72. The average molecular weight is 884 g/mol. The first-order chi connectivity index (χ1) is 33.3. The van der Waals surface area contributed by atoms with Crippen LogP contribution in [0.5, 0.6) is 0 Å². The van der Waals surface area contributed by atoms with Gasteiger partial charge in [-0.2, -0.15) is 18.4 Å². The number of hydrogen-bond donors (Lipinski definition) is 0. The van der Waals surface area contributed by atoms with E-state index in [1.165, 1.54) is 12.1 Å². The lowest BCUT2D eigenvalue weighted by molar-refractivity contribution is -0.137. The van der Waals surface area contributed by atoms with Gasteiger partial charge >= 0.3 is 6.18 Å². The highest BCUT2D eigenvalue weighted by Gasteiger charge is 2.34. The van der Waals surface area contributed by atoms with Crippen LogP contribution >= 0.6 is 0 Å². The van der Waals surface area contributed by atoms with Crippen molar-refractivity contribution in [2.75, 3.05) is 0 Å². The van der Waals surface area contributed by atoms with Crippen molar-refractivity contribution in [3.05, 3.63) is 230 Å². The van der Waals surface area contributed by atoms with E-state index in [1.54, 1.807) is 18.2 Å². The molecule has 0 radical (unpaired) electrons. The van der Waals surface area contributed by atoms with Crippen LogP contribution in [0, 0.1) is 11.3 Å². The zero-order chi connectivity index (χ0) is 45.9. The van der Waals surface area contributed by atoms with E-state index in [2.05, 4.69) is 18.2 Å². The maximum Gasteiger partial charge on any atom is 0.416 e. The smallest absolute Gasteiger partial charge is 0.309 e. The Hall–Kier alpha value is -9.06. The van der Waals surface area contributed by atoms with E-state index in [0.29, 0.717) is 39.1 Å². The van der Waals surface area contributed by atoms with Crippen LogP contribution in [0.4, 0.5) is 13.2 Å². The summed E-state index contributed by atoms with van der Waals surface area (Å²) in [5, 5.41) is 13.7. The summed E-state index contributed by atoms with van der Waals surface area (Å²) < 4.78 is 50.8. The van der Waals surface area contributed by atoms with Crippen LogP contribution in [0.1, 0.15) is 11.1 Å². The van der Waals surface area contributed by atoms with E-state index in [-0.39, 0.29) is 0 Å². The van der Waals surface area contributed by atoms with Gasteiger partial charge in [-0.05, 0) is 90.5 Å². The number of alkyl halides is 3. The van der Waals surface area contributed by atoms with E-state index in [9.17, 15) is 5.26 Å². The number of rotatable bonds is 7. The third-order valence-corrected chi connectivity index (χ3v) is 12.8. The van der Waals surface area contributed by atoms with E-state index >= 15 is 13.2 Å². The van der Waals surface area contributed by atoms with Gasteiger partial charge in [-0.15, -0.1) is 0 Å². The number of hydrogen-bond acceptors (Lipinski definition) is 3. The Morgan fingerprint density at radius 2 is 0.779 bits per heavy atom. The first-order valence-corrected chi connectivity index (χ1v) is 22.2. The number of fused-ring (bicyclic) bond motifs is 6. The second-order valence-electron chi connectivity index (χ2n) is 16.8. The number of para-hydroxylation sites is 2. The van der Waals surface area contributed by atoms with Crippen molar-refractivity contribution >= 4 is 43.6 Å². The van der Waals surface area contributed by atoms with Gasteiger partial charge in [0.25, 0.3) is 0 Å². The molecule has 0 aliphatic heterocycles. The average Bonchev–Trinajstić information content (AvgIpc) is 3.90. The topological polar surface area (TPSA) is 59.4 Å². The van der Waals surface area contributed by atoms with Crippen molar-refractivity contribution in [3.8, 4) is 73.6 Å². The van der Waals surface area contributed by atoms with Crippen LogP contribution in [0.15, 0.2) is 218 Å². The van der Waals surface area contributed by atoms with Crippen LogP contribution < -0.4 is 0 Å². The maximum atomic E-state index is 15.7. The summed E-state index contributed by atoms with van der Waals surface area (Å²) in [6, 6.07) is 71.4. The number of aromatic nitrogens is 4. The molecule has 12 rings (SSSR count). The van der Waals surface area contributed by atoms with Crippen molar-refractivity contribution in [2.45, 2.75) is 6.18 Å². The van der Waals surface area contributed by atoms with E-state index in [0.717, 1.165) is 77.6 Å². The lowest BCUT2D eigenvalue weighted by Crippen LogP contribution is -2.11. The molecule has 12 aromatic rings. The number of benzene rings is 8. The molecular formula is C60H36F3N5. The summed E-state index contributed by atoms with van der Waals surface area (Å²) in [4.78, 5) is 10.1. The van der Waals surface area contributed by atoms with Crippen LogP contribution in [0.2, 0.25) is 0 Å². The molecule has 0 saturated heterocycles. The third kappa shape index (κ3) is 6.88. The summed E-state index contributed by atoms with van der Waals surface area (Å²) in [7, 11) is 0. The Morgan fingerprint density at radius 3 is 1.25 bits per heavy atom. The second kappa shape index (κ2) is 16.1. The van der Waals surface area contributed by atoms with Crippen LogP contribution in [-0.4, -0.2) is 19.1 Å². The fourth-order valence-corrected chi connectivity index (χ4v) is 9.68. The Labute approximate surface area is 388 Å². The fraction of sp³-hybridized carbons (Fsp3) is 0.0167. The van der Waals surface area contributed by atoms with Gasteiger partial charge in [0.2, 0.25) is 0 Å². The molecule has 4 heterocycles. The van der Waals surface area contributed by atoms with Crippen LogP contribution in [0.25, 0.3) is 111 Å². The molecule has 0 aliphatic rings. The van der Waals surface area contributed by atoms with Crippen molar-refractivity contribution < 1.29 is 13.2 Å². The first-order valence-electron chi connectivity index (χ1n) is 22.2. The SMILES string of the molecule is N#Cc1cccc(-c2c(-n3c4ccccc4c4cc(-c5cccc(-c6ccccc6)n5)ccc43)cc(C(F)(F)F)cc2-n2c3ccccc3c3cc(-c4cccc(-c5ccccc5)n4)ccc32)c1. The molecule has 68 heavy (non-hydrogen) atoms. The Balaban J connectivity index is 1.13. The van der Waals surface area contributed by atoms with Gasteiger partial charge < -0.3 is 9.13 Å². The predicted octanol–water partition coefficient (Wildman–Crippen LogP) is 15.9. The zero-order valence-corrected chi connectivity index (χ0v) is 36.2. The Bertz CT molecular complexity index is 3750. The molecule has 5 nitrogen and oxygen atoms in total. The number of halogens is 3. The predicted molar refractivity (Wildman–Crippen MR) is 268 cm³/mol. The quantitative estimate of drug-likeness (QED) is 0.160. The summed E-state index contributed by atoms with van der Waals surface area (Å²) >= 11 is 0. The Kier molecular flexibility index (Phi) is 9.59. The van der Waals surface area contributed by atoms with Gasteiger partial charge in [0.05, 0.1) is 73.4 Å². The summed E-state index contributed by atoms with van der Waals surface area (Å²) in [5.41, 5.74) is 11.2. The lowest BCUT2D eigenvalue weighted by atomic mass is 9.96. The molecule has 0 atom stereocenters. The normalized spacial score (nSPS) is 11.7. The third-order valence-electron chi connectivity index (χ3n) is 12.8. The standard InChI is InChI=1S/C60H36F3N5/c61-60(62,63)44-35-57(67-53-26-9-7-20-45(53)47-33-41(28-30-55(47)67)51-24-12-22-49(65-51)39-15-3-1-4-16-39)59(43-19-11-14-38(32-43)37-64)58(36-44)68-54-27-10-8-21-46(54)48-34-42(29-31-56(48)68)52-25-13-23-50(66-52)40-17-5-2-6-18-40/h1-36H. The second-order valence-corrected chi connectivity index (χ2v) is 16.8. The van der Waals surface area contributed by atoms with Gasteiger partial charge in [-0.3, -0.25) is 0 Å². The van der Waals surface area contributed by atoms with E-state index in [4.69, 9.17) is 9.97 Å². The van der Waals surface area contributed by atoms with Crippen molar-refractivity contribution in [2.24, 2.45) is 0 Å². The first kappa shape index (κ1) is 40.4. The molecule has 0 unspecified atom stereocenters. The van der Waals surface area contributed by atoms with E-state index < -0.39 is 11.7 Å². The Morgan fingerprint density at radius 1 is 0.368 bits per heavy atom. The van der Waals surface area contributed by atoms with Gasteiger partial charge in [0.15, 0.2) is 0 Å². The molecule has 322 valence electrons. The van der Waals surface area contributed by atoms with Gasteiger partial charge in [0, 0.05) is 49.4 Å². The van der Waals surface area contributed by atoms with Crippen LogP contribution in [-0.2, 0) is 6.18 Å². The molecule has 0 N–H and O–H groups in total. The van der Waals surface area contributed by atoms with E-state index in [1.807, 2.05) is 185 Å². The maximum absolute atomic E-state index is 15.7. The van der Waals surface area contributed by atoms with Crippen molar-refractivity contribution in [1.82, 2.24) is 19.1 Å². The molecular weight excluding hydrogens is 848 g/mol. The highest BCUT2D eigenvalue weighted by molar-refractivity contribution is 6.13. The molecule has 0 aliphatic carbocycles. The largest absolute Gasteiger partial charge is 0.416 e. The molecule has 0 saturated carbocycles. The van der Waals surface area contributed by atoms with Gasteiger partial charge in [-0.1, -0.05) is 133 Å². The number of pyridine rings is 2. The minimum absolute atomic E-state index is 0.317. The number of nitriles is 1. The van der Waals surface area contributed by atoms with Crippen LogP contribution in [0.3, 0.4) is 0 Å². The highest BCUT2D eigenvalue weighted by atomic mass is 19.4. The summed E-state index contributed by atoms with van der Waals surface area (Å²) in [5.74, 6) is 0. The summed E-state index contributed by atoms with van der Waals surface area (Å²) in [6.07, 6.45) is -4.72. The molecule has 0 fully saturated rings. The molecule has 4 aromatic heterocycles. The molecule has 0 bridgehead atoms. The number of nitrogens with zero attached hydrogens (tertiary/aromatic N) is 5.